The summed E-state index contributed by atoms with van der Waals surface area (Å²) in [6, 6.07) is 0. The standard InChI is InChI=1S/C7H11N5/c8-7(9)12-4-3-11-2-1-10-6(11)5-12/h1-2H,3-5H2,(H3,8,9). The van der Waals surface area contributed by atoms with Gasteiger partial charge >= 0.3 is 0 Å². The second-order valence-electron chi connectivity index (χ2n) is 2.84. The Kier molecular flexibility index (Phi) is 1.49. The van der Waals surface area contributed by atoms with Crippen molar-refractivity contribution in [3.8, 4) is 0 Å². The molecule has 5 heteroatoms. The average Bonchev–Trinajstić information content (AvgIpc) is 2.49. The highest BCUT2D eigenvalue weighted by Crippen LogP contribution is 2.08. The van der Waals surface area contributed by atoms with Gasteiger partial charge in [0.2, 0.25) is 0 Å². The maximum atomic E-state index is 7.25. The van der Waals surface area contributed by atoms with E-state index >= 15 is 0 Å². The zero-order chi connectivity index (χ0) is 8.55. The van der Waals surface area contributed by atoms with E-state index < -0.39 is 0 Å². The van der Waals surface area contributed by atoms with Gasteiger partial charge in [-0.05, 0) is 0 Å². The number of nitrogens with one attached hydrogen (secondary N) is 1. The fourth-order valence-electron chi connectivity index (χ4n) is 1.38. The first-order valence-electron chi connectivity index (χ1n) is 3.86. The normalized spacial score (nSPS) is 15.8. The number of nitrogens with zero attached hydrogens (tertiary/aromatic N) is 3. The number of aromatic nitrogens is 2. The Morgan fingerprint density at radius 1 is 1.58 bits per heavy atom. The molecular weight excluding hydrogens is 154 g/mol. The summed E-state index contributed by atoms with van der Waals surface area (Å²) in [4.78, 5) is 5.97. The maximum Gasteiger partial charge on any atom is 0.188 e. The lowest BCUT2D eigenvalue weighted by atomic mass is 10.4. The summed E-state index contributed by atoms with van der Waals surface area (Å²) in [7, 11) is 0. The zero-order valence-corrected chi connectivity index (χ0v) is 6.70. The van der Waals surface area contributed by atoms with Crippen LogP contribution in [0.2, 0.25) is 0 Å². The van der Waals surface area contributed by atoms with Gasteiger partial charge in [-0.3, -0.25) is 5.41 Å². The highest BCUT2D eigenvalue weighted by Gasteiger charge is 2.16. The molecule has 0 bridgehead atoms. The second kappa shape index (κ2) is 2.51. The summed E-state index contributed by atoms with van der Waals surface area (Å²) in [5.74, 6) is 1.11. The van der Waals surface area contributed by atoms with Crippen LogP contribution in [0.1, 0.15) is 5.82 Å². The minimum absolute atomic E-state index is 0.129. The lowest BCUT2D eigenvalue weighted by Crippen LogP contribution is -2.41. The predicted octanol–water partition coefficient (Wildman–Crippen LogP) is -0.408. The van der Waals surface area contributed by atoms with Crippen molar-refractivity contribution in [3.05, 3.63) is 18.2 Å². The van der Waals surface area contributed by atoms with Crippen LogP contribution in [0.15, 0.2) is 12.4 Å². The summed E-state index contributed by atoms with van der Waals surface area (Å²) in [6.07, 6.45) is 3.73. The van der Waals surface area contributed by atoms with Crippen LogP contribution in [0.4, 0.5) is 0 Å². The first kappa shape index (κ1) is 7.15. The molecule has 5 nitrogen and oxygen atoms in total. The molecule has 0 saturated carbocycles. The highest BCUT2D eigenvalue weighted by molar-refractivity contribution is 5.74. The van der Waals surface area contributed by atoms with E-state index in [2.05, 4.69) is 9.55 Å². The molecule has 1 aliphatic heterocycles. The van der Waals surface area contributed by atoms with Crippen molar-refractivity contribution in [1.82, 2.24) is 14.5 Å². The Morgan fingerprint density at radius 3 is 3.17 bits per heavy atom. The minimum Gasteiger partial charge on any atom is -0.370 e. The first-order valence-corrected chi connectivity index (χ1v) is 3.86. The van der Waals surface area contributed by atoms with Crippen molar-refractivity contribution in [3.63, 3.8) is 0 Å². The van der Waals surface area contributed by atoms with Crippen molar-refractivity contribution in [2.75, 3.05) is 6.54 Å². The lowest BCUT2D eigenvalue weighted by molar-refractivity contribution is 0.325. The average molecular weight is 165 g/mol. The van der Waals surface area contributed by atoms with E-state index in [0.717, 1.165) is 18.9 Å². The second-order valence-corrected chi connectivity index (χ2v) is 2.84. The summed E-state index contributed by atoms with van der Waals surface area (Å²) in [5.41, 5.74) is 5.37. The van der Waals surface area contributed by atoms with E-state index in [1.54, 1.807) is 6.20 Å². The molecule has 0 radical (unpaired) electrons. The number of hydrogen-bond acceptors (Lipinski definition) is 2. The minimum atomic E-state index is 0.129. The van der Waals surface area contributed by atoms with E-state index in [0.29, 0.717) is 6.54 Å². The Morgan fingerprint density at radius 2 is 2.42 bits per heavy atom. The van der Waals surface area contributed by atoms with Crippen molar-refractivity contribution in [2.45, 2.75) is 13.1 Å². The van der Waals surface area contributed by atoms with Gasteiger partial charge in [0, 0.05) is 25.5 Å². The van der Waals surface area contributed by atoms with Crippen LogP contribution in [-0.2, 0) is 13.1 Å². The summed E-state index contributed by atoms with van der Waals surface area (Å²) in [6.45, 7) is 2.33. The molecule has 2 rings (SSSR count). The molecule has 0 atom stereocenters. The highest BCUT2D eigenvalue weighted by atomic mass is 15.3. The fraction of sp³-hybridized carbons (Fsp3) is 0.429. The molecule has 0 spiro atoms. The molecule has 0 saturated heterocycles. The predicted molar refractivity (Wildman–Crippen MR) is 44.6 cm³/mol. The molecule has 0 aromatic carbocycles. The Labute approximate surface area is 70.3 Å². The third-order valence-electron chi connectivity index (χ3n) is 2.09. The van der Waals surface area contributed by atoms with E-state index in [9.17, 15) is 0 Å². The molecule has 2 heterocycles. The van der Waals surface area contributed by atoms with E-state index in [-0.39, 0.29) is 5.96 Å². The van der Waals surface area contributed by atoms with Gasteiger partial charge in [0.25, 0.3) is 0 Å². The quantitative estimate of drug-likeness (QED) is 0.405. The number of rotatable bonds is 0. The van der Waals surface area contributed by atoms with Gasteiger partial charge in [-0.2, -0.15) is 0 Å². The van der Waals surface area contributed by atoms with E-state index in [1.807, 2.05) is 11.1 Å². The van der Waals surface area contributed by atoms with Gasteiger partial charge in [-0.1, -0.05) is 0 Å². The molecule has 12 heavy (non-hydrogen) atoms. The number of fused-ring (bicyclic) bond motifs is 1. The molecule has 0 fully saturated rings. The third-order valence-corrected chi connectivity index (χ3v) is 2.09. The van der Waals surface area contributed by atoms with Crippen molar-refractivity contribution in [2.24, 2.45) is 5.73 Å². The molecule has 0 aliphatic carbocycles. The van der Waals surface area contributed by atoms with Crippen LogP contribution in [0.5, 0.6) is 0 Å². The molecule has 1 aliphatic rings. The molecule has 0 amide bonds. The smallest absolute Gasteiger partial charge is 0.188 e. The fourth-order valence-corrected chi connectivity index (χ4v) is 1.38. The van der Waals surface area contributed by atoms with Crippen LogP contribution >= 0.6 is 0 Å². The first-order chi connectivity index (χ1) is 5.77. The van der Waals surface area contributed by atoms with Gasteiger partial charge in [0.1, 0.15) is 5.82 Å². The molecule has 3 N–H and O–H groups in total. The summed E-state index contributed by atoms with van der Waals surface area (Å²) >= 11 is 0. The lowest BCUT2D eigenvalue weighted by Gasteiger charge is -2.27. The topological polar surface area (TPSA) is 70.9 Å². The summed E-state index contributed by atoms with van der Waals surface area (Å²) in [5, 5.41) is 7.25. The molecular formula is C7H11N5. The number of nitrogens with two attached hydrogens (primary N) is 1. The summed E-state index contributed by atoms with van der Waals surface area (Å²) < 4.78 is 2.08. The van der Waals surface area contributed by atoms with Crippen LogP contribution in [0, 0.1) is 5.41 Å². The van der Waals surface area contributed by atoms with Gasteiger partial charge in [0.15, 0.2) is 5.96 Å². The Hall–Kier alpha value is -1.52. The zero-order valence-electron chi connectivity index (χ0n) is 6.70. The van der Waals surface area contributed by atoms with E-state index in [4.69, 9.17) is 11.1 Å². The monoisotopic (exact) mass is 165 g/mol. The van der Waals surface area contributed by atoms with Crippen LogP contribution in [0.25, 0.3) is 0 Å². The Balaban J connectivity index is 2.20. The van der Waals surface area contributed by atoms with Gasteiger partial charge in [0.05, 0.1) is 6.54 Å². The number of hydrogen-bond donors (Lipinski definition) is 2. The Bertz CT molecular complexity index is 303. The van der Waals surface area contributed by atoms with Gasteiger partial charge in [-0.25, -0.2) is 4.98 Å². The largest absolute Gasteiger partial charge is 0.370 e. The molecule has 0 unspecified atom stereocenters. The van der Waals surface area contributed by atoms with Crippen molar-refractivity contribution >= 4 is 5.96 Å². The third kappa shape index (κ3) is 1.03. The van der Waals surface area contributed by atoms with Crippen LogP contribution < -0.4 is 5.73 Å². The van der Waals surface area contributed by atoms with Gasteiger partial charge in [-0.15, -0.1) is 0 Å². The number of guanidine groups is 1. The molecule has 1 aromatic rings. The van der Waals surface area contributed by atoms with Crippen LogP contribution in [-0.4, -0.2) is 27.0 Å². The SMILES string of the molecule is N=C(N)N1CCn2ccnc2C1. The maximum absolute atomic E-state index is 7.25. The van der Waals surface area contributed by atoms with Crippen molar-refractivity contribution < 1.29 is 0 Å². The van der Waals surface area contributed by atoms with Crippen molar-refractivity contribution in [1.29, 1.82) is 5.41 Å². The molecule has 1 aromatic heterocycles. The van der Waals surface area contributed by atoms with Crippen LogP contribution in [0.3, 0.4) is 0 Å². The molecule has 64 valence electrons. The number of imidazole rings is 1. The van der Waals surface area contributed by atoms with E-state index in [1.165, 1.54) is 0 Å². The van der Waals surface area contributed by atoms with Gasteiger partial charge < -0.3 is 15.2 Å².